The van der Waals surface area contributed by atoms with E-state index in [0.29, 0.717) is 13.0 Å². The summed E-state index contributed by atoms with van der Waals surface area (Å²) in [4.78, 5) is 23.9. The van der Waals surface area contributed by atoms with Crippen LogP contribution in [0.3, 0.4) is 0 Å². The fraction of sp³-hybridized carbons (Fsp3) is 0.263. The van der Waals surface area contributed by atoms with Gasteiger partial charge in [0.2, 0.25) is 11.8 Å². The van der Waals surface area contributed by atoms with E-state index in [4.69, 9.17) is 0 Å². The summed E-state index contributed by atoms with van der Waals surface area (Å²) in [5, 5.41) is 24.3. The van der Waals surface area contributed by atoms with Crippen LogP contribution in [0.15, 0.2) is 60.7 Å². The topological polar surface area (TPSA) is 98.7 Å². The fourth-order valence-corrected chi connectivity index (χ4v) is 2.49. The van der Waals surface area contributed by atoms with Crippen molar-refractivity contribution in [3.8, 4) is 0 Å². The molecule has 2 rings (SSSR count). The van der Waals surface area contributed by atoms with E-state index in [-0.39, 0.29) is 18.7 Å². The number of rotatable bonds is 9. The molecule has 0 aliphatic heterocycles. The van der Waals surface area contributed by atoms with Gasteiger partial charge in [-0.15, -0.1) is 0 Å². The summed E-state index contributed by atoms with van der Waals surface area (Å²) in [5.74, 6) is -1.45. The van der Waals surface area contributed by atoms with Crippen molar-refractivity contribution in [2.24, 2.45) is 0 Å². The Hall–Kier alpha value is -2.64. The highest BCUT2D eigenvalue weighted by Gasteiger charge is 2.25. The van der Waals surface area contributed by atoms with Gasteiger partial charge in [-0.3, -0.25) is 9.59 Å². The molecule has 0 aliphatic carbocycles. The molecule has 136 valence electrons. The van der Waals surface area contributed by atoms with Crippen molar-refractivity contribution in [3.05, 3.63) is 71.8 Å². The molecule has 0 bridgehead atoms. The summed E-state index contributed by atoms with van der Waals surface area (Å²) < 4.78 is 0. The van der Waals surface area contributed by atoms with Crippen LogP contribution in [-0.4, -0.2) is 34.9 Å². The van der Waals surface area contributed by atoms with Gasteiger partial charge in [-0.05, 0) is 17.5 Å². The number of hydrogen-bond donors (Lipinski definition) is 4. The van der Waals surface area contributed by atoms with Crippen molar-refractivity contribution in [1.82, 2.24) is 10.6 Å². The maximum atomic E-state index is 12.0. The molecule has 7 heteroatoms. The van der Waals surface area contributed by atoms with Crippen molar-refractivity contribution in [2.45, 2.75) is 31.7 Å². The van der Waals surface area contributed by atoms with Crippen LogP contribution in [0.2, 0.25) is 0 Å². The van der Waals surface area contributed by atoms with Crippen LogP contribution in [0.5, 0.6) is 0 Å². The third-order valence-corrected chi connectivity index (χ3v) is 3.92. The van der Waals surface area contributed by atoms with Gasteiger partial charge in [-0.2, -0.15) is 0 Å². The van der Waals surface area contributed by atoms with Crippen molar-refractivity contribution in [3.63, 3.8) is 0 Å². The first-order chi connectivity index (χ1) is 12.5. The Morgan fingerprint density at radius 3 is 1.96 bits per heavy atom. The zero-order chi connectivity index (χ0) is 18.8. The van der Waals surface area contributed by atoms with Gasteiger partial charge in [0.05, 0.1) is 5.94 Å². The van der Waals surface area contributed by atoms with Gasteiger partial charge in [0.15, 0.2) is 0 Å². The molecule has 0 saturated heterocycles. The smallest absolute Gasteiger partial charge is 0.426 e. The number of nitrogens with one attached hydrogen (secondary N) is 2. The quantitative estimate of drug-likeness (QED) is 0.501. The summed E-state index contributed by atoms with van der Waals surface area (Å²) in [7, 11) is -1.67. The van der Waals surface area contributed by atoms with Crippen LogP contribution >= 0.6 is 0 Å². The minimum absolute atomic E-state index is 0.0152. The molecule has 0 fully saturated rings. The lowest BCUT2D eigenvalue weighted by molar-refractivity contribution is -0.126. The van der Waals surface area contributed by atoms with Crippen LogP contribution < -0.4 is 10.6 Å². The highest BCUT2D eigenvalue weighted by atomic mass is 16.4. The Kier molecular flexibility index (Phi) is 7.86. The largest absolute Gasteiger partial charge is 0.475 e. The number of hydrogen-bond acceptors (Lipinski definition) is 4. The minimum Gasteiger partial charge on any atom is -0.426 e. The number of benzene rings is 2. The molecule has 0 heterocycles. The lowest BCUT2D eigenvalue weighted by atomic mass is 9.76. The van der Waals surface area contributed by atoms with E-state index >= 15 is 0 Å². The summed E-state index contributed by atoms with van der Waals surface area (Å²) in [6.45, 7) is 0.410. The zero-order valence-electron chi connectivity index (χ0n) is 14.5. The van der Waals surface area contributed by atoms with Crippen molar-refractivity contribution in [1.29, 1.82) is 0 Å². The first-order valence-electron chi connectivity index (χ1n) is 8.54. The van der Waals surface area contributed by atoms with Crippen LogP contribution in [0.25, 0.3) is 0 Å². The molecular formula is C19H23BN2O4. The highest BCUT2D eigenvalue weighted by Crippen LogP contribution is 2.05. The summed E-state index contributed by atoms with van der Waals surface area (Å²) in [5.41, 5.74) is 1.86. The molecule has 2 aromatic rings. The summed E-state index contributed by atoms with van der Waals surface area (Å²) in [6, 6.07) is 18.7. The molecular weight excluding hydrogens is 331 g/mol. The molecule has 2 amide bonds. The van der Waals surface area contributed by atoms with Crippen molar-refractivity contribution in [2.75, 3.05) is 0 Å². The molecule has 26 heavy (non-hydrogen) atoms. The zero-order valence-corrected chi connectivity index (χ0v) is 14.5. The summed E-state index contributed by atoms with van der Waals surface area (Å²) in [6.07, 6.45) is 0.321. The molecule has 0 aliphatic rings. The van der Waals surface area contributed by atoms with Gasteiger partial charge in [-0.25, -0.2) is 0 Å². The van der Waals surface area contributed by atoms with Gasteiger partial charge in [0.1, 0.15) is 0 Å². The molecule has 2 aromatic carbocycles. The Morgan fingerprint density at radius 1 is 0.846 bits per heavy atom. The van der Waals surface area contributed by atoms with E-state index in [1.807, 2.05) is 60.7 Å². The molecule has 1 atom stereocenters. The lowest BCUT2D eigenvalue weighted by Gasteiger charge is -2.18. The molecule has 0 saturated carbocycles. The van der Waals surface area contributed by atoms with Crippen LogP contribution in [0, 0.1) is 0 Å². The molecule has 0 radical (unpaired) electrons. The second kappa shape index (κ2) is 10.4. The Labute approximate surface area is 153 Å². The van der Waals surface area contributed by atoms with Crippen LogP contribution in [0.1, 0.15) is 24.0 Å². The van der Waals surface area contributed by atoms with Crippen LogP contribution in [0.4, 0.5) is 0 Å². The maximum Gasteiger partial charge on any atom is 0.475 e. The van der Waals surface area contributed by atoms with Crippen molar-refractivity contribution < 1.29 is 19.6 Å². The second-order valence-electron chi connectivity index (χ2n) is 6.04. The average molecular weight is 354 g/mol. The maximum absolute atomic E-state index is 12.0. The Morgan fingerprint density at radius 2 is 1.38 bits per heavy atom. The molecule has 1 unspecified atom stereocenters. The van der Waals surface area contributed by atoms with Crippen LogP contribution in [-0.2, 0) is 22.6 Å². The molecule has 0 aromatic heterocycles. The van der Waals surface area contributed by atoms with Gasteiger partial charge >= 0.3 is 7.12 Å². The lowest BCUT2D eigenvalue weighted by Crippen LogP contribution is -2.48. The normalized spacial score (nSPS) is 11.5. The van der Waals surface area contributed by atoms with Gasteiger partial charge in [-0.1, -0.05) is 60.7 Å². The van der Waals surface area contributed by atoms with Gasteiger partial charge in [0, 0.05) is 19.4 Å². The average Bonchev–Trinajstić information content (AvgIpc) is 2.66. The van der Waals surface area contributed by atoms with E-state index in [0.717, 1.165) is 11.1 Å². The number of amides is 2. The molecule has 4 N–H and O–H groups in total. The van der Waals surface area contributed by atoms with Gasteiger partial charge < -0.3 is 20.7 Å². The second-order valence-corrected chi connectivity index (χ2v) is 6.04. The first kappa shape index (κ1) is 19.7. The third kappa shape index (κ3) is 7.08. The molecule has 6 nitrogen and oxygen atoms in total. The molecule has 0 spiro atoms. The SMILES string of the molecule is O=C(CCC(=O)NC(Cc1ccccc1)B(O)O)NCc1ccccc1. The minimum atomic E-state index is -1.67. The van der Waals surface area contributed by atoms with E-state index < -0.39 is 19.0 Å². The fourth-order valence-electron chi connectivity index (χ4n) is 2.49. The first-order valence-corrected chi connectivity index (χ1v) is 8.54. The highest BCUT2D eigenvalue weighted by molar-refractivity contribution is 6.43. The Bertz CT molecular complexity index is 695. The third-order valence-electron chi connectivity index (χ3n) is 3.92. The predicted octanol–water partition coefficient (Wildman–Crippen LogP) is 0.822. The van der Waals surface area contributed by atoms with E-state index in [9.17, 15) is 19.6 Å². The number of carbonyl (C=O) groups is 2. The summed E-state index contributed by atoms with van der Waals surface area (Å²) >= 11 is 0. The van der Waals surface area contributed by atoms with Crippen molar-refractivity contribution >= 4 is 18.9 Å². The monoisotopic (exact) mass is 354 g/mol. The van der Waals surface area contributed by atoms with E-state index in [1.54, 1.807) is 0 Å². The Balaban J connectivity index is 1.74. The predicted molar refractivity (Wildman–Crippen MR) is 99.8 cm³/mol. The standard InChI is InChI=1S/C19H23BN2O4/c23-18(21-14-16-9-5-2-6-10-16)11-12-19(24)22-17(20(25)26)13-15-7-3-1-4-8-15/h1-10,17,25-26H,11-14H2,(H,21,23)(H,22,24). The van der Waals surface area contributed by atoms with E-state index in [1.165, 1.54) is 0 Å². The number of carbonyl (C=O) groups excluding carboxylic acids is 2. The van der Waals surface area contributed by atoms with E-state index in [2.05, 4.69) is 10.6 Å². The van der Waals surface area contributed by atoms with Gasteiger partial charge in [0.25, 0.3) is 0 Å².